The summed E-state index contributed by atoms with van der Waals surface area (Å²) < 4.78 is 0. The first-order chi connectivity index (χ1) is 10.7. The van der Waals surface area contributed by atoms with E-state index in [0.717, 1.165) is 37.1 Å². The van der Waals surface area contributed by atoms with Gasteiger partial charge >= 0.3 is 0 Å². The van der Waals surface area contributed by atoms with Gasteiger partial charge < -0.3 is 15.5 Å². The molecule has 2 aromatic rings. The number of hydrogen-bond acceptors (Lipinski definition) is 8. The van der Waals surface area contributed by atoms with Crippen LogP contribution < -0.4 is 15.5 Å². The Morgan fingerprint density at radius 1 is 1.23 bits per heavy atom. The van der Waals surface area contributed by atoms with Gasteiger partial charge in [0.1, 0.15) is 11.9 Å². The highest BCUT2D eigenvalue weighted by atomic mass is 32.1. The minimum absolute atomic E-state index is 0.376. The molecule has 1 saturated heterocycles. The third-order valence-corrected chi connectivity index (χ3v) is 4.31. The van der Waals surface area contributed by atoms with Gasteiger partial charge in [-0.15, -0.1) is 10.2 Å². The Kier molecular flexibility index (Phi) is 3.84. The maximum Gasteiger partial charge on any atom is 0.250 e. The lowest BCUT2D eigenvalue weighted by atomic mass is 10.2. The number of hydrogen-bond donors (Lipinski definition) is 1. The van der Waals surface area contributed by atoms with E-state index in [-0.39, 0.29) is 0 Å². The Labute approximate surface area is 130 Å². The van der Waals surface area contributed by atoms with Crippen molar-refractivity contribution < 1.29 is 4.79 Å². The van der Waals surface area contributed by atoms with Crippen LogP contribution >= 0.6 is 11.3 Å². The van der Waals surface area contributed by atoms with Gasteiger partial charge in [0, 0.05) is 32.4 Å². The average molecular weight is 315 g/mol. The first-order valence-electron chi connectivity index (χ1n) is 6.67. The first kappa shape index (κ1) is 14.2. The van der Waals surface area contributed by atoms with Gasteiger partial charge in [-0.25, -0.2) is 4.98 Å². The molecule has 0 spiro atoms. The van der Waals surface area contributed by atoms with E-state index in [1.807, 2.05) is 6.07 Å². The van der Waals surface area contributed by atoms with Gasteiger partial charge in [-0.2, -0.15) is 5.26 Å². The molecule has 1 fully saturated rings. The van der Waals surface area contributed by atoms with Crippen molar-refractivity contribution in [2.45, 2.75) is 0 Å². The van der Waals surface area contributed by atoms with Crippen molar-refractivity contribution in [3.05, 3.63) is 28.9 Å². The van der Waals surface area contributed by atoms with Crippen LogP contribution in [-0.2, 0) is 0 Å². The summed E-state index contributed by atoms with van der Waals surface area (Å²) in [5.74, 6) is 0.341. The van der Waals surface area contributed by atoms with Crippen LogP contribution in [0.5, 0.6) is 0 Å². The number of amides is 1. The minimum atomic E-state index is -0.478. The van der Waals surface area contributed by atoms with Crippen molar-refractivity contribution in [2.75, 3.05) is 36.0 Å². The fourth-order valence-electron chi connectivity index (χ4n) is 2.23. The zero-order chi connectivity index (χ0) is 15.5. The molecule has 22 heavy (non-hydrogen) atoms. The largest absolute Gasteiger partial charge is 0.366 e. The monoisotopic (exact) mass is 315 g/mol. The van der Waals surface area contributed by atoms with E-state index in [9.17, 15) is 4.79 Å². The zero-order valence-electron chi connectivity index (χ0n) is 11.6. The number of anilines is 2. The summed E-state index contributed by atoms with van der Waals surface area (Å²) in [4.78, 5) is 19.6. The Morgan fingerprint density at radius 2 is 1.95 bits per heavy atom. The summed E-state index contributed by atoms with van der Waals surface area (Å²) >= 11 is 1.30. The highest BCUT2D eigenvalue weighted by Crippen LogP contribution is 2.22. The van der Waals surface area contributed by atoms with Crippen LogP contribution in [0.4, 0.5) is 10.9 Å². The maximum atomic E-state index is 11.0. The number of aromatic nitrogens is 3. The number of nitrogens with two attached hydrogens (primary N) is 1. The van der Waals surface area contributed by atoms with Crippen LogP contribution in [0.15, 0.2) is 18.3 Å². The molecule has 1 aliphatic heterocycles. The lowest BCUT2D eigenvalue weighted by Gasteiger charge is -2.34. The molecule has 2 N–H and O–H groups in total. The molecule has 0 aromatic carbocycles. The number of piperazine rings is 1. The van der Waals surface area contributed by atoms with Crippen molar-refractivity contribution in [1.29, 1.82) is 5.26 Å². The van der Waals surface area contributed by atoms with Gasteiger partial charge in [0.15, 0.2) is 0 Å². The Morgan fingerprint density at radius 3 is 2.50 bits per heavy atom. The van der Waals surface area contributed by atoms with E-state index in [1.54, 1.807) is 12.1 Å². The summed E-state index contributed by atoms with van der Waals surface area (Å²) in [6.45, 7) is 3.12. The molecule has 0 bridgehead atoms. The predicted octanol–water partition coefficient (Wildman–Crippen LogP) is 0.230. The molecule has 0 unspecified atom stereocenters. The van der Waals surface area contributed by atoms with Crippen LogP contribution in [0, 0.1) is 11.3 Å². The molecule has 0 saturated carbocycles. The van der Waals surface area contributed by atoms with Crippen LogP contribution in [-0.4, -0.2) is 47.3 Å². The van der Waals surface area contributed by atoms with Crippen LogP contribution in [0.3, 0.4) is 0 Å². The SMILES string of the molecule is N#Cc1nnc(N2CCN(c3ccc(C(N)=O)cn3)CC2)s1. The number of primary amides is 1. The standard InChI is InChI=1S/C13H13N7OS/c14-7-11-17-18-13(22-11)20-5-3-19(4-6-20)10-2-1-9(8-16-10)12(15)21/h1-2,8H,3-6H2,(H2,15,21). The Balaban J connectivity index is 1.64. The van der Waals surface area contributed by atoms with Crippen molar-refractivity contribution in [3.8, 4) is 6.07 Å². The normalized spacial score (nSPS) is 14.7. The molecule has 1 aliphatic rings. The summed E-state index contributed by atoms with van der Waals surface area (Å²) in [5.41, 5.74) is 5.61. The molecule has 3 rings (SSSR count). The Hall–Kier alpha value is -2.73. The number of pyridine rings is 1. The predicted molar refractivity (Wildman–Crippen MR) is 81.8 cm³/mol. The quantitative estimate of drug-likeness (QED) is 0.862. The molecule has 8 nitrogen and oxygen atoms in total. The lowest BCUT2D eigenvalue weighted by molar-refractivity contribution is 0.1000. The summed E-state index contributed by atoms with van der Waals surface area (Å²) in [5, 5.41) is 17.8. The molecule has 0 radical (unpaired) electrons. The summed E-state index contributed by atoms with van der Waals surface area (Å²) in [6.07, 6.45) is 1.49. The second kappa shape index (κ2) is 5.95. The molecule has 0 atom stereocenters. The zero-order valence-corrected chi connectivity index (χ0v) is 12.5. The molecule has 0 aliphatic carbocycles. The van der Waals surface area contributed by atoms with Crippen molar-refractivity contribution in [1.82, 2.24) is 15.2 Å². The lowest BCUT2D eigenvalue weighted by Crippen LogP contribution is -2.46. The molecule has 112 valence electrons. The van der Waals surface area contributed by atoms with Gasteiger partial charge in [-0.05, 0) is 12.1 Å². The van der Waals surface area contributed by atoms with Gasteiger partial charge in [0.25, 0.3) is 0 Å². The van der Waals surface area contributed by atoms with Gasteiger partial charge in [-0.3, -0.25) is 4.79 Å². The fourth-order valence-corrected chi connectivity index (χ4v) is 2.93. The number of rotatable bonds is 3. The second-order valence-electron chi connectivity index (χ2n) is 4.75. The maximum absolute atomic E-state index is 11.0. The van der Waals surface area contributed by atoms with Gasteiger partial charge in [-0.1, -0.05) is 11.3 Å². The number of nitrogens with zero attached hydrogens (tertiary/aromatic N) is 6. The summed E-state index contributed by atoms with van der Waals surface area (Å²) in [7, 11) is 0. The van der Waals surface area contributed by atoms with Gasteiger partial charge in [0.05, 0.1) is 5.56 Å². The molecule has 9 heteroatoms. The second-order valence-corrected chi connectivity index (χ2v) is 5.70. The third kappa shape index (κ3) is 2.82. The highest BCUT2D eigenvalue weighted by Gasteiger charge is 2.21. The minimum Gasteiger partial charge on any atom is -0.366 e. The number of carbonyl (C=O) groups excluding carboxylic acids is 1. The van der Waals surface area contributed by atoms with E-state index in [2.05, 4.69) is 25.0 Å². The smallest absolute Gasteiger partial charge is 0.250 e. The third-order valence-electron chi connectivity index (χ3n) is 3.42. The van der Waals surface area contributed by atoms with Crippen LogP contribution in [0.25, 0.3) is 0 Å². The molecular weight excluding hydrogens is 302 g/mol. The molecule has 1 amide bonds. The van der Waals surface area contributed by atoms with Crippen LogP contribution in [0.1, 0.15) is 15.4 Å². The van der Waals surface area contributed by atoms with E-state index in [0.29, 0.717) is 10.6 Å². The van der Waals surface area contributed by atoms with E-state index in [4.69, 9.17) is 11.0 Å². The first-order valence-corrected chi connectivity index (χ1v) is 7.48. The van der Waals surface area contributed by atoms with Crippen LogP contribution in [0.2, 0.25) is 0 Å². The Bertz CT molecular complexity index is 713. The van der Waals surface area contributed by atoms with E-state index < -0.39 is 5.91 Å². The van der Waals surface area contributed by atoms with Crippen molar-refractivity contribution in [3.63, 3.8) is 0 Å². The summed E-state index contributed by atoms with van der Waals surface area (Å²) in [6, 6.07) is 5.48. The number of nitriles is 1. The molecule has 2 aromatic heterocycles. The van der Waals surface area contributed by atoms with E-state index >= 15 is 0 Å². The molecule has 3 heterocycles. The van der Waals surface area contributed by atoms with Crippen molar-refractivity contribution in [2.24, 2.45) is 5.73 Å². The highest BCUT2D eigenvalue weighted by molar-refractivity contribution is 7.15. The average Bonchev–Trinajstić information content (AvgIpc) is 3.04. The number of carbonyl (C=O) groups is 1. The van der Waals surface area contributed by atoms with E-state index in [1.165, 1.54) is 17.5 Å². The molecular formula is C13H13N7OS. The van der Waals surface area contributed by atoms with Crippen molar-refractivity contribution >= 4 is 28.2 Å². The fraction of sp³-hybridized carbons (Fsp3) is 0.308. The van der Waals surface area contributed by atoms with Gasteiger partial charge in [0.2, 0.25) is 16.0 Å². The topological polar surface area (TPSA) is 112 Å².